The van der Waals surface area contributed by atoms with E-state index >= 15 is 0 Å². The van der Waals surface area contributed by atoms with Crippen LogP contribution >= 0.6 is 0 Å². The maximum absolute atomic E-state index is 11.1. The van der Waals surface area contributed by atoms with Crippen LogP contribution in [0.3, 0.4) is 0 Å². The monoisotopic (exact) mass is 240 g/mol. The van der Waals surface area contributed by atoms with Crippen molar-refractivity contribution in [2.75, 3.05) is 0 Å². The zero-order chi connectivity index (χ0) is 12.8. The highest BCUT2D eigenvalue weighted by Gasteiger charge is 2.14. The smallest absolute Gasteiger partial charge is 0.297 e. The molecule has 0 atom stereocenters. The molecule has 2 aromatic carbocycles. The van der Waals surface area contributed by atoms with Crippen LogP contribution in [-0.2, 0) is 18.2 Å². The van der Waals surface area contributed by atoms with Gasteiger partial charge in [-0.2, -0.15) is 0 Å². The first kappa shape index (κ1) is 12.2. The van der Waals surface area contributed by atoms with Gasteiger partial charge in [0.2, 0.25) is 0 Å². The first-order chi connectivity index (χ1) is 8.75. The van der Waals surface area contributed by atoms with Crippen molar-refractivity contribution in [1.29, 1.82) is 0 Å². The number of benzene rings is 2. The topological polar surface area (TPSA) is 40.2 Å². The first-order valence-corrected chi connectivity index (χ1v) is 5.79. The van der Waals surface area contributed by atoms with E-state index in [1.807, 2.05) is 60.7 Å². The Morgan fingerprint density at radius 3 is 1.50 bits per heavy atom. The molecular formula is C15H14NO2. The van der Waals surface area contributed by atoms with Gasteiger partial charge in [-0.15, -0.1) is 0 Å². The van der Waals surface area contributed by atoms with Crippen molar-refractivity contribution in [1.82, 2.24) is 4.90 Å². The highest BCUT2D eigenvalue weighted by molar-refractivity contribution is 5.64. The van der Waals surface area contributed by atoms with E-state index < -0.39 is 6.09 Å². The van der Waals surface area contributed by atoms with Crippen LogP contribution in [0.4, 0.5) is 4.79 Å². The molecule has 1 radical (unpaired) electrons. The van der Waals surface area contributed by atoms with Crippen LogP contribution < -0.4 is 0 Å². The van der Waals surface area contributed by atoms with Gasteiger partial charge in [0.05, 0.1) is 0 Å². The molecule has 1 amide bonds. The fourth-order valence-corrected chi connectivity index (χ4v) is 1.79. The third kappa shape index (κ3) is 3.35. The van der Waals surface area contributed by atoms with Gasteiger partial charge in [0.15, 0.2) is 0 Å². The highest BCUT2D eigenvalue weighted by atomic mass is 16.4. The molecule has 3 heteroatoms. The van der Waals surface area contributed by atoms with E-state index in [4.69, 9.17) is 0 Å². The largest absolute Gasteiger partial charge is 0.453 e. The third-order valence-corrected chi connectivity index (χ3v) is 2.69. The van der Waals surface area contributed by atoms with Crippen molar-refractivity contribution in [3.63, 3.8) is 0 Å². The predicted octanol–water partition coefficient (Wildman–Crippen LogP) is 3.24. The predicted molar refractivity (Wildman–Crippen MR) is 68.2 cm³/mol. The number of amides is 1. The molecular weight excluding hydrogens is 226 g/mol. The van der Waals surface area contributed by atoms with E-state index in [-0.39, 0.29) is 0 Å². The molecule has 91 valence electrons. The standard InChI is InChI=1S/C15H14NO2/c17-15(18)16(11-13-7-3-1-4-8-13)12-14-9-5-2-6-10-14/h1-10H,11-12H2. The molecule has 0 saturated heterocycles. The number of rotatable bonds is 4. The van der Waals surface area contributed by atoms with Gasteiger partial charge >= 0.3 is 6.09 Å². The fourth-order valence-electron chi connectivity index (χ4n) is 1.79. The summed E-state index contributed by atoms with van der Waals surface area (Å²) in [6, 6.07) is 19.0. The molecule has 0 aliphatic carbocycles. The summed E-state index contributed by atoms with van der Waals surface area (Å²) in [5.74, 6) is 0. The summed E-state index contributed by atoms with van der Waals surface area (Å²) in [5, 5.41) is 11.1. The number of hydrogen-bond donors (Lipinski definition) is 0. The lowest BCUT2D eigenvalue weighted by molar-refractivity contribution is 0.114. The molecule has 0 aliphatic rings. The van der Waals surface area contributed by atoms with E-state index in [0.29, 0.717) is 13.1 Å². The molecule has 0 heterocycles. The molecule has 0 bridgehead atoms. The number of hydrogen-bond acceptors (Lipinski definition) is 1. The van der Waals surface area contributed by atoms with E-state index in [2.05, 4.69) is 0 Å². The Kier molecular flexibility index (Phi) is 3.97. The van der Waals surface area contributed by atoms with Crippen LogP contribution in [0.5, 0.6) is 0 Å². The molecule has 0 unspecified atom stereocenters. The second-order valence-electron chi connectivity index (χ2n) is 4.09. The van der Waals surface area contributed by atoms with Gasteiger partial charge in [0.25, 0.3) is 0 Å². The zero-order valence-electron chi connectivity index (χ0n) is 9.95. The Hall–Kier alpha value is -2.29. The molecule has 2 rings (SSSR count). The minimum atomic E-state index is -1.15. The Labute approximate surface area is 106 Å². The Balaban J connectivity index is 2.08. The molecule has 0 aromatic heterocycles. The van der Waals surface area contributed by atoms with Crippen molar-refractivity contribution < 1.29 is 9.90 Å². The molecule has 0 spiro atoms. The maximum Gasteiger partial charge on any atom is 0.453 e. The normalized spacial score (nSPS) is 10.0. The quantitative estimate of drug-likeness (QED) is 0.808. The Bertz CT molecular complexity index is 455. The van der Waals surface area contributed by atoms with Crippen LogP contribution in [0.15, 0.2) is 60.7 Å². The number of carbonyl (C=O) groups is 1. The second kappa shape index (κ2) is 5.87. The van der Waals surface area contributed by atoms with Crippen LogP contribution in [0, 0.1) is 0 Å². The van der Waals surface area contributed by atoms with Crippen LogP contribution in [0.25, 0.3) is 0 Å². The van der Waals surface area contributed by atoms with Crippen LogP contribution in [0.2, 0.25) is 0 Å². The molecule has 0 aliphatic heterocycles. The van der Waals surface area contributed by atoms with Gasteiger partial charge in [-0.1, -0.05) is 60.7 Å². The minimum Gasteiger partial charge on any atom is -0.297 e. The third-order valence-electron chi connectivity index (χ3n) is 2.69. The summed E-state index contributed by atoms with van der Waals surface area (Å²) in [5.41, 5.74) is 1.91. The fraction of sp³-hybridized carbons (Fsp3) is 0.133. The SMILES string of the molecule is [O]C(=O)N(Cc1ccccc1)Cc1ccccc1. The van der Waals surface area contributed by atoms with Crippen LogP contribution in [0.1, 0.15) is 11.1 Å². The lowest BCUT2D eigenvalue weighted by Crippen LogP contribution is -2.27. The van der Waals surface area contributed by atoms with Crippen molar-refractivity contribution >= 4 is 6.09 Å². The van der Waals surface area contributed by atoms with Gasteiger partial charge < -0.3 is 0 Å². The number of nitrogens with zero attached hydrogens (tertiary/aromatic N) is 1. The van der Waals surface area contributed by atoms with Gasteiger partial charge in [-0.05, 0) is 11.1 Å². The van der Waals surface area contributed by atoms with Crippen molar-refractivity contribution in [2.24, 2.45) is 0 Å². The summed E-state index contributed by atoms with van der Waals surface area (Å²) in [4.78, 5) is 12.4. The summed E-state index contributed by atoms with van der Waals surface area (Å²) in [6.45, 7) is 0.691. The Morgan fingerprint density at radius 1 is 0.778 bits per heavy atom. The maximum atomic E-state index is 11.1. The summed E-state index contributed by atoms with van der Waals surface area (Å²) >= 11 is 0. The van der Waals surface area contributed by atoms with Gasteiger partial charge in [-0.3, -0.25) is 4.90 Å². The Morgan fingerprint density at radius 2 is 1.17 bits per heavy atom. The average molecular weight is 240 g/mol. The lowest BCUT2D eigenvalue weighted by atomic mass is 10.2. The van der Waals surface area contributed by atoms with Gasteiger partial charge in [-0.25, -0.2) is 9.90 Å². The average Bonchev–Trinajstić information content (AvgIpc) is 2.40. The van der Waals surface area contributed by atoms with Crippen LogP contribution in [-0.4, -0.2) is 11.0 Å². The van der Waals surface area contributed by atoms with E-state index in [1.54, 1.807) is 0 Å². The van der Waals surface area contributed by atoms with Crippen molar-refractivity contribution in [2.45, 2.75) is 13.1 Å². The van der Waals surface area contributed by atoms with E-state index in [9.17, 15) is 9.90 Å². The second-order valence-corrected chi connectivity index (χ2v) is 4.09. The lowest BCUT2D eigenvalue weighted by Gasteiger charge is -2.18. The molecule has 0 fully saturated rings. The van der Waals surface area contributed by atoms with Crippen molar-refractivity contribution in [3.05, 3.63) is 71.8 Å². The highest BCUT2D eigenvalue weighted by Crippen LogP contribution is 2.10. The summed E-state index contributed by atoms with van der Waals surface area (Å²) < 4.78 is 0. The first-order valence-electron chi connectivity index (χ1n) is 5.79. The summed E-state index contributed by atoms with van der Waals surface area (Å²) in [7, 11) is 0. The zero-order valence-corrected chi connectivity index (χ0v) is 9.95. The van der Waals surface area contributed by atoms with Crippen molar-refractivity contribution in [3.8, 4) is 0 Å². The molecule has 2 aromatic rings. The number of carbonyl (C=O) groups excluding carboxylic acids is 1. The minimum absolute atomic E-state index is 0.345. The molecule has 0 saturated carbocycles. The van der Waals surface area contributed by atoms with Gasteiger partial charge in [0, 0.05) is 13.1 Å². The molecule has 0 N–H and O–H groups in total. The molecule has 3 nitrogen and oxygen atoms in total. The van der Waals surface area contributed by atoms with E-state index in [0.717, 1.165) is 11.1 Å². The van der Waals surface area contributed by atoms with E-state index in [1.165, 1.54) is 4.90 Å². The van der Waals surface area contributed by atoms with Gasteiger partial charge in [0.1, 0.15) is 0 Å². The summed E-state index contributed by atoms with van der Waals surface area (Å²) in [6.07, 6.45) is -1.15. The molecule has 18 heavy (non-hydrogen) atoms.